The quantitative estimate of drug-likeness (QED) is 0.0368. The maximum Gasteiger partial charge on any atom is 0.339 e. The van der Waals surface area contributed by atoms with Crippen molar-refractivity contribution in [2.24, 2.45) is 4.99 Å². The highest BCUT2D eigenvalue weighted by atomic mass is 19.3. The van der Waals surface area contributed by atoms with Crippen LogP contribution in [-0.2, 0) is 4.79 Å². The van der Waals surface area contributed by atoms with Crippen LogP contribution in [0.1, 0.15) is 39.2 Å². The van der Waals surface area contributed by atoms with Crippen LogP contribution in [0.3, 0.4) is 0 Å². The molecule has 0 amide bonds. The second-order valence-corrected chi connectivity index (χ2v) is 8.90. The van der Waals surface area contributed by atoms with Gasteiger partial charge in [-0.3, -0.25) is 9.89 Å². The van der Waals surface area contributed by atoms with Crippen LogP contribution in [-0.4, -0.2) is 71.7 Å². The number of alkyl halides is 2. The summed E-state index contributed by atoms with van der Waals surface area (Å²) in [6.07, 6.45) is 14.6. The molecule has 2 rings (SSSR count). The van der Waals surface area contributed by atoms with Gasteiger partial charge in [0.05, 0.1) is 25.1 Å². The van der Waals surface area contributed by atoms with Gasteiger partial charge in [0.2, 0.25) is 0 Å². The Morgan fingerprint density at radius 1 is 1.21 bits per heavy atom. The zero-order valence-corrected chi connectivity index (χ0v) is 24.4. The van der Waals surface area contributed by atoms with Crippen molar-refractivity contribution in [1.29, 1.82) is 0 Å². The van der Waals surface area contributed by atoms with Crippen LogP contribution >= 0.6 is 0 Å². The van der Waals surface area contributed by atoms with Crippen LogP contribution in [0.4, 0.5) is 23.3 Å². The molecule has 0 spiro atoms. The summed E-state index contributed by atoms with van der Waals surface area (Å²) in [6, 6.07) is 3.42. The summed E-state index contributed by atoms with van der Waals surface area (Å²) >= 11 is 0. The van der Waals surface area contributed by atoms with Crippen molar-refractivity contribution in [3.05, 3.63) is 79.3 Å². The topological polar surface area (TPSA) is 87.4 Å². The van der Waals surface area contributed by atoms with Crippen molar-refractivity contribution < 1.29 is 22.4 Å². The van der Waals surface area contributed by atoms with Crippen LogP contribution < -0.4 is 10.9 Å². The van der Waals surface area contributed by atoms with Gasteiger partial charge in [0.25, 0.3) is 0 Å². The molecule has 1 aromatic carbocycles. The average molecular weight is 592 g/mol. The summed E-state index contributed by atoms with van der Waals surface area (Å²) in [5, 5.41) is 11.5. The van der Waals surface area contributed by atoms with E-state index in [1.165, 1.54) is 34.9 Å². The number of benzene rings is 1. The van der Waals surface area contributed by atoms with E-state index in [1.54, 1.807) is 18.5 Å². The highest BCUT2D eigenvalue weighted by Crippen LogP contribution is 2.22. The Morgan fingerprint density at radius 2 is 1.95 bits per heavy atom. The Morgan fingerprint density at radius 3 is 2.62 bits per heavy atom. The Balaban J connectivity index is 0.00000431. The number of likely N-dealkylation sites (N-methyl/N-ethyl adjacent to an activating group) is 1. The predicted molar refractivity (Wildman–Crippen MR) is 162 cm³/mol. The molecular formula is C30H41F4N7O. The highest BCUT2D eigenvalue weighted by Gasteiger charge is 2.29. The van der Waals surface area contributed by atoms with E-state index in [-0.39, 0.29) is 13.0 Å². The van der Waals surface area contributed by atoms with Crippen molar-refractivity contribution in [3.63, 3.8) is 0 Å². The van der Waals surface area contributed by atoms with E-state index >= 15 is 0 Å². The summed E-state index contributed by atoms with van der Waals surface area (Å²) in [6.45, 7) is 8.08. The number of aromatic nitrogens is 3. The summed E-state index contributed by atoms with van der Waals surface area (Å²) in [7, 11) is 1.39. The molecule has 0 fully saturated rings. The molecule has 0 aliphatic carbocycles. The number of carbonyl (C=O) groups is 1. The summed E-state index contributed by atoms with van der Waals surface area (Å²) < 4.78 is 53.4. The zero-order valence-electron chi connectivity index (χ0n) is 24.4. The number of nitrogens with one attached hydrogen (secondary N) is 2. The average Bonchev–Trinajstić information content (AvgIpc) is 3.48. The minimum Gasteiger partial charge on any atom is -0.382 e. The Hall–Kier alpha value is -3.90. The standard InChI is InChI=1S/C28H35F4N7O.C2H6/c1-3-16-33-17-5-6-18-34-25-14-12-23(13-15-25)27-20-39(37-35-27)26(21-40)11-8-10-24(29)9-4-7-19-38(2)22-28(30,31)36-32;1-2/h3-7,9,12-16,20-21,26,34,36H,1,8,10-11,17-19,22H2,2H3;1-2H3/b6-5-,7-4-,24-9+,33-16?;. The highest BCUT2D eigenvalue weighted by molar-refractivity contribution is 5.70. The molecule has 0 saturated carbocycles. The summed E-state index contributed by atoms with van der Waals surface area (Å²) in [4.78, 5) is 16.9. The number of aliphatic imine (C=N–C) groups is 1. The molecule has 2 N–H and O–H groups in total. The van der Waals surface area contributed by atoms with Gasteiger partial charge in [-0.2, -0.15) is 8.78 Å². The third-order valence-electron chi connectivity index (χ3n) is 5.55. The fraction of sp³-hybridized carbons (Fsp3) is 0.400. The van der Waals surface area contributed by atoms with Crippen molar-refractivity contribution >= 4 is 18.2 Å². The summed E-state index contributed by atoms with van der Waals surface area (Å²) in [5.41, 5.74) is 2.83. The maximum atomic E-state index is 14.1. The fourth-order valence-electron chi connectivity index (χ4n) is 3.53. The third-order valence-corrected chi connectivity index (χ3v) is 5.55. The smallest absolute Gasteiger partial charge is 0.339 e. The van der Waals surface area contributed by atoms with Crippen LogP contribution in [0.25, 0.3) is 11.3 Å². The maximum absolute atomic E-state index is 14.1. The Kier molecular flexibility index (Phi) is 18.0. The zero-order chi connectivity index (χ0) is 31.2. The first-order chi connectivity index (χ1) is 20.3. The van der Waals surface area contributed by atoms with Crippen molar-refractivity contribution in [2.75, 3.05) is 38.5 Å². The summed E-state index contributed by atoms with van der Waals surface area (Å²) in [5.74, 6) is -0.413. The second-order valence-electron chi connectivity index (χ2n) is 8.90. The first kappa shape index (κ1) is 36.1. The van der Waals surface area contributed by atoms with Crippen molar-refractivity contribution in [1.82, 2.24) is 25.4 Å². The van der Waals surface area contributed by atoms with Crippen LogP contribution in [0.2, 0.25) is 0 Å². The van der Waals surface area contributed by atoms with Gasteiger partial charge in [0, 0.05) is 30.6 Å². The van der Waals surface area contributed by atoms with Crippen molar-refractivity contribution in [2.45, 2.75) is 45.2 Å². The van der Waals surface area contributed by atoms with Gasteiger partial charge >= 0.3 is 6.05 Å². The van der Waals surface area contributed by atoms with E-state index < -0.39 is 24.5 Å². The number of hydrogen-bond acceptors (Lipinski definition) is 7. The van der Waals surface area contributed by atoms with Crippen LogP contribution in [0.5, 0.6) is 0 Å². The molecule has 0 bridgehead atoms. The van der Waals surface area contributed by atoms with Crippen LogP contribution in [0.15, 0.2) is 84.3 Å². The molecule has 1 atom stereocenters. The first-order valence-corrected chi connectivity index (χ1v) is 13.7. The normalized spacial score (nSPS) is 13.1. The van der Waals surface area contributed by atoms with Gasteiger partial charge in [-0.1, -0.05) is 73.7 Å². The molecule has 8 nitrogen and oxygen atoms in total. The monoisotopic (exact) mass is 591 g/mol. The number of allylic oxidation sites excluding steroid dienone is 4. The first-order valence-electron chi connectivity index (χ1n) is 13.7. The molecule has 0 saturated heterocycles. The molecule has 2 aromatic rings. The molecule has 230 valence electrons. The van der Waals surface area contributed by atoms with Gasteiger partial charge in [-0.05, 0) is 44.5 Å². The van der Waals surface area contributed by atoms with Gasteiger partial charge in [0.1, 0.15) is 18.0 Å². The van der Waals surface area contributed by atoms with Crippen molar-refractivity contribution in [3.8, 4) is 11.3 Å². The lowest BCUT2D eigenvalue weighted by Crippen LogP contribution is -2.42. The van der Waals surface area contributed by atoms with E-state index in [2.05, 4.69) is 27.2 Å². The molecule has 1 aromatic heterocycles. The molecular weight excluding hydrogens is 550 g/mol. The Labute approximate surface area is 245 Å². The number of rotatable bonds is 19. The van der Waals surface area contributed by atoms with Gasteiger partial charge < -0.3 is 10.1 Å². The lowest BCUT2D eigenvalue weighted by molar-refractivity contribution is -0.111. The lowest BCUT2D eigenvalue weighted by Gasteiger charge is -2.19. The van der Waals surface area contributed by atoms with Gasteiger partial charge in [-0.15, -0.1) is 9.58 Å². The molecule has 12 heteroatoms. The molecule has 0 aliphatic rings. The number of hydrogen-bond donors (Lipinski definition) is 2. The molecule has 1 heterocycles. The lowest BCUT2D eigenvalue weighted by atomic mass is 10.1. The number of halogens is 4. The van der Waals surface area contributed by atoms with E-state index in [9.17, 15) is 22.4 Å². The van der Waals surface area contributed by atoms with Crippen LogP contribution in [0, 0.1) is 0 Å². The predicted octanol–water partition coefficient (Wildman–Crippen LogP) is 6.51. The largest absolute Gasteiger partial charge is 0.382 e. The van der Waals surface area contributed by atoms with E-state index in [0.717, 1.165) is 17.5 Å². The molecule has 0 radical (unpaired) electrons. The number of aldehydes is 1. The second kappa shape index (κ2) is 20.9. The number of anilines is 1. The number of carbonyl (C=O) groups excluding carboxylic acids is 1. The SMILES string of the molecule is C=CC=NC/C=C\CNc1ccc(-c2cn(C(C=O)CCC/C(F)=C\C=C/CN(C)CC(F)(F)NF)nn2)cc1.CC. The van der Waals surface area contributed by atoms with Gasteiger partial charge in [-0.25, -0.2) is 9.07 Å². The minimum atomic E-state index is -3.65. The molecule has 42 heavy (non-hydrogen) atoms. The minimum absolute atomic E-state index is 0.0894. The van der Waals surface area contributed by atoms with E-state index in [1.807, 2.05) is 50.3 Å². The van der Waals surface area contributed by atoms with E-state index in [0.29, 0.717) is 37.2 Å². The third kappa shape index (κ3) is 14.6. The number of nitrogens with zero attached hydrogens (tertiary/aromatic N) is 5. The fourth-order valence-corrected chi connectivity index (χ4v) is 3.53. The Bertz CT molecular complexity index is 1160. The molecule has 0 aliphatic heterocycles. The molecule has 1 unspecified atom stereocenters. The van der Waals surface area contributed by atoms with E-state index in [4.69, 9.17) is 0 Å². The van der Waals surface area contributed by atoms with Gasteiger partial charge in [0.15, 0.2) is 0 Å².